The number of hydrogen-bond acceptors (Lipinski definition) is 8. The summed E-state index contributed by atoms with van der Waals surface area (Å²) in [7, 11) is 3.31. The Morgan fingerprint density at radius 3 is 2.77 bits per heavy atom. The Hall–Kier alpha value is -4.30. The summed E-state index contributed by atoms with van der Waals surface area (Å²) in [6.07, 6.45) is 2.74. The topological polar surface area (TPSA) is 108 Å². The van der Waals surface area contributed by atoms with Crippen LogP contribution in [-0.4, -0.2) is 53.6 Å². The van der Waals surface area contributed by atoms with Gasteiger partial charge < -0.3 is 20.3 Å². The first-order valence-electron chi connectivity index (χ1n) is 12.4. The van der Waals surface area contributed by atoms with E-state index in [1.807, 2.05) is 24.9 Å². The van der Waals surface area contributed by atoms with Crippen molar-refractivity contribution < 1.29 is 18.3 Å². The molecule has 8 nitrogen and oxygen atoms in total. The summed E-state index contributed by atoms with van der Waals surface area (Å²) in [6.45, 7) is 6.20. The smallest absolute Gasteiger partial charge is 0.318 e. The molecule has 1 saturated heterocycles. The zero-order valence-electron chi connectivity index (χ0n) is 21.7. The normalized spacial score (nSPS) is 17.0. The second-order valence-electron chi connectivity index (χ2n) is 9.31. The summed E-state index contributed by atoms with van der Waals surface area (Å²) in [6, 6.07) is 7.52. The lowest BCUT2D eigenvalue weighted by molar-refractivity contribution is -0.126. The van der Waals surface area contributed by atoms with Crippen LogP contribution in [0.2, 0.25) is 0 Å². The second kappa shape index (κ2) is 10.1. The number of nitriles is 1. The highest BCUT2D eigenvalue weighted by Gasteiger charge is 2.38. The van der Waals surface area contributed by atoms with Crippen LogP contribution in [0.1, 0.15) is 25.3 Å². The number of amides is 1. The number of fused-ring (bicyclic) bond motifs is 2. The second-order valence-corrected chi connectivity index (χ2v) is 10.4. The van der Waals surface area contributed by atoms with Crippen LogP contribution in [0.5, 0.6) is 6.01 Å². The van der Waals surface area contributed by atoms with Crippen molar-refractivity contribution in [1.29, 1.82) is 5.26 Å². The number of likely N-dealkylation sites (N-methyl/N-ethyl adjacent to an activating group) is 1. The van der Waals surface area contributed by atoms with Crippen molar-refractivity contribution in [2.75, 3.05) is 31.3 Å². The number of methoxy groups -OCH3 is 1. The molecular formula is C28H26F2N6O2S. The van der Waals surface area contributed by atoms with E-state index in [4.69, 9.17) is 10.5 Å². The molecule has 2 N–H and O–H groups in total. The number of carbonyl (C=O) groups excluding carboxylic acids is 1. The predicted molar refractivity (Wildman–Crippen MR) is 149 cm³/mol. The Morgan fingerprint density at radius 1 is 1.33 bits per heavy atom. The molecule has 0 saturated carbocycles. The van der Waals surface area contributed by atoms with Crippen LogP contribution in [0.25, 0.3) is 32.1 Å². The molecule has 4 aromatic rings. The van der Waals surface area contributed by atoms with E-state index in [9.17, 15) is 14.4 Å². The molecule has 2 unspecified atom stereocenters. The molecule has 39 heavy (non-hydrogen) atoms. The first-order valence-corrected chi connectivity index (χ1v) is 13.2. The lowest BCUT2D eigenvalue weighted by Gasteiger charge is -2.33. The summed E-state index contributed by atoms with van der Waals surface area (Å²) in [5, 5.41) is 10.6. The fourth-order valence-corrected chi connectivity index (χ4v) is 6.48. The molecule has 2 aromatic heterocycles. The van der Waals surface area contributed by atoms with E-state index in [2.05, 4.69) is 16.5 Å². The van der Waals surface area contributed by atoms with Crippen molar-refractivity contribution in [2.24, 2.45) is 0 Å². The van der Waals surface area contributed by atoms with Gasteiger partial charge in [-0.05, 0) is 42.7 Å². The van der Waals surface area contributed by atoms with Gasteiger partial charge in [-0.15, -0.1) is 11.3 Å². The predicted octanol–water partition coefficient (Wildman–Crippen LogP) is 5.25. The number of aromatic nitrogens is 2. The number of nitrogens with zero attached hydrogens (tertiary/aromatic N) is 5. The van der Waals surface area contributed by atoms with E-state index in [1.165, 1.54) is 31.4 Å². The van der Waals surface area contributed by atoms with Crippen LogP contribution < -0.4 is 15.4 Å². The summed E-state index contributed by atoms with van der Waals surface area (Å²) in [5.74, 6) is -0.795. The zero-order valence-corrected chi connectivity index (χ0v) is 22.5. The van der Waals surface area contributed by atoms with Gasteiger partial charge in [0.25, 0.3) is 0 Å². The van der Waals surface area contributed by atoms with Gasteiger partial charge in [-0.1, -0.05) is 19.6 Å². The molecule has 0 aliphatic carbocycles. The number of likely N-dealkylation sites (tertiary alicyclic amines) is 1. The largest absolute Gasteiger partial charge is 0.467 e. The molecule has 0 spiro atoms. The minimum absolute atomic E-state index is 0.0758. The lowest BCUT2D eigenvalue weighted by atomic mass is 9.97. The highest BCUT2D eigenvalue weighted by Crippen LogP contribution is 2.43. The van der Waals surface area contributed by atoms with Crippen molar-refractivity contribution in [3.63, 3.8) is 0 Å². The van der Waals surface area contributed by atoms with Gasteiger partial charge in [0.05, 0.1) is 35.0 Å². The van der Waals surface area contributed by atoms with Crippen molar-refractivity contribution in [3.05, 3.63) is 54.1 Å². The molecule has 3 heterocycles. The van der Waals surface area contributed by atoms with Gasteiger partial charge in [0.1, 0.15) is 28.5 Å². The number of rotatable bonds is 6. The average molecular weight is 549 g/mol. The third kappa shape index (κ3) is 4.21. The van der Waals surface area contributed by atoms with Gasteiger partial charge in [0.15, 0.2) is 0 Å². The maximum atomic E-state index is 15.9. The van der Waals surface area contributed by atoms with Crippen molar-refractivity contribution >= 4 is 49.1 Å². The Kier molecular flexibility index (Phi) is 6.82. The van der Waals surface area contributed by atoms with Crippen molar-refractivity contribution in [2.45, 2.75) is 31.8 Å². The van der Waals surface area contributed by atoms with Gasteiger partial charge in [0.2, 0.25) is 5.91 Å². The Labute approximate surface area is 227 Å². The fraction of sp³-hybridized carbons (Fsp3) is 0.286. The molecule has 1 amide bonds. The molecule has 200 valence electrons. The highest BCUT2D eigenvalue weighted by molar-refractivity contribution is 7.23. The van der Waals surface area contributed by atoms with E-state index < -0.39 is 11.6 Å². The van der Waals surface area contributed by atoms with E-state index in [-0.39, 0.29) is 50.2 Å². The van der Waals surface area contributed by atoms with Crippen molar-refractivity contribution in [3.8, 4) is 23.2 Å². The van der Waals surface area contributed by atoms with Crippen molar-refractivity contribution in [1.82, 2.24) is 14.9 Å². The molecule has 1 aliphatic rings. The maximum Gasteiger partial charge on any atom is 0.318 e. The zero-order chi connectivity index (χ0) is 28.0. The third-order valence-corrected chi connectivity index (χ3v) is 8.39. The van der Waals surface area contributed by atoms with Gasteiger partial charge in [0, 0.05) is 29.9 Å². The fourth-order valence-electron chi connectivity index (χ4n) is 5.53. The molecule has 5 rings (SSSR count). The molecule has 0 radical (unpaired) electrons. The van der Waals surface area contributed by atoms with Gasteiger partial charge in [-0.3, -0.25) is 4.79 Å². The van der Waals surface area contributed by atoms with Crippen LogP contribution in [0, 0.1) is 23.0 Å². The summed E-state index contributed by atoms with van der Waals surface area (Å²) in [5.41, 5.74) is 6.98. The van der Waals surface area contributed by atoms with Crippen LogP contribution in [-0.2, 0) is 4.79 Å². The standard InChI is InChI=1S/C28H26F2N6O2S/c1-5-21-22(9-10-36(21)23(37)6-2)35(3)27-16-11-19(30)15(12-20(16)33-28(34-27)38-4)14-7-8-18(29)25-24(14)17(13-31)26(32)39-25/h6-8,11-12,21-22H,2,5,9-10,32H2,1,3-4H3. The highest BCUT2D eigenvalue weighted by atomic mass is 32.1. The molecular weight excluding hydrogens is 522 g/mol. The monoisotopic (exact) mass is 548 g/mol. The minimum Gasteiger partial charge on any atom is -0.467 e. The Bertz CT molecular complexity index is 1680. The van der Waals surface area contributed by atoms with E-state index in [0.717, 1.165) is 17.8 Å². The summed E-state index contributed by atoms with van der Waals surface area (Å²) < 4.78 is 36.0. The molecule has 11 heteroatoms. The van der Waals surface area contributed by atoms with Crippen LogP contribution >= 0.6 is 11.3 Å². The number of benzene rings is 2. The van der Waals surface area contributed by atoms with Gasteiger partial charge >= 0.3 is 6.01 Å². The van der Waals surface area contributed by atoms with Gasteiger partial charge in [-0.2, -0.15) is 15.2 Å². The first-order chi connectivity index (χ1) is 18.7. The van der Waals surface area contributed by atoms with E-state index >= 15 is 4.39 Å². The SMILES string of the molecule is C=CC(=O)N1CCC(N(C)c2nc(OC)nc3cc(-c4ccc(F)c5sc(N)c(C#N)c45)c(F)cc23)C1CC. The number of halogens is 2. The van der Waals surface area contributed by atoms with Gasteiger partial charge in [-0.25, -0.2) is 8.78 Å². The average Bonchev–Trinajstić information content (AvgIpc) is 3.52. The quantitative estimate of drug-likeness (QED) is 0.328. The molecule has 1 fully saturated rings. The van der Waals surface area contributed by atoms with E-state index in [1.54, 1.807) is 11.0 Å². The maximum absolute atomic E-state index is 15.9. The molecule has 0 bridgehead atoms. The van der Waals surface area contributed by atoms with Crippen LogP contribution in [0.3, 0.4) is 0 Å². The van der Waals surface area contributed by atoms with Crippen LogP contribution in [0.4, 0.5) is 19.6 Å². The molecule has 2 aromatic carbocycles. The van der Waals surface area contributed by atoms with Crippen LogP contribution in [0.15, 0.2) is 36.9 Å². The number of carbonyl (C=O) groups is 1. The number of nitrogens with two attached hydrogens (primary N) is 1. The summed E-state index contributed by atoms with van der Waals surface area (Å²) in [4.78, 5) is 25.2. The first kappa shape index (κ1) is 26.3. The number of anilines is 2. The number of ether oxygens (including phenoxy) is 1. The van der Waals surface area contributed by atoms with E-state index in [0.29, 0.717) is 35.2 Å². The lowest BCUT2D eigenvalue weighted by Crippen LogP contribution is -2.45. The number of nitrogen functional groups attached to an aromatic ring is 1. The Balaban J connectivity index is 1.68. The molecule has 1 aliphatic heterocycles. The molecule has 2 atom stereocenters. The third-order valence-electron chi connectivity index (χ3n) is 7.36. The summed E-state index contributed by atoms with van der Waals surface area (Å²) >= 11 is 0.952. The Morgan fingerprint density at radius 2 is 2.10 bits per heavy atom. The minimum atomic E-state index is -0.589. The number of hydrogen-bond donors (Lipinski definition) is 1. The number of thiophene rings is 1.